The van der Waals surface area contributed by atoms with E-state index in [0.717, 1.165) is 50.6 Å². The fourth-order valence-corrected chi connectivity index (χ4v) is 9.59. The first-order valence-electron chi connectivity index (χ1n) is 13.4. The van der Waals surface area contributed by atoms with Crippen LogP contribution in [0.4, 0.5) is 0 Å². The van der Waals surface area contributed by atoms with E-state index in [-0.39, 0.29) is 0 Å². The van der Waals surface area contributed by atoms with Gasteiger partial charge in [-0.15, -0.1) is 0 Å². The molecule has 0 aromatic heterocycles. The van der Waals surface area contributed by atoms with E-state index < -0.39 is 17.6 Å². The molecule has 0 bridgehead atoms. The minimum absolute atomic E-state index is 0.639. The van der Waals surface area contributed by atoms with Gasteiger partial charge in [-0.1, -0.05) is 24.3 Å². The lowest BCUT2D eigenvalue weighted by Crippen LogP contribution is -2.45. The van der Waals surface area contributed by atoms with E-state index in [0.29, 0.717) is 39.6 Å². The van der Waals surface area contributed by atoms with Gasteiger partial charge in [-0.05, 0) is 91.2 Å². The maximum atomic E-state index is 5.96. The summed E-state index contributed by atoms with van der Waals surface area (Å²) >= 11 is 0. The summed E-state index contributed by atoms with van der Waals surface area (Å²) in [6.45, 7) is 15.9. The van der Waals surface area contributed by atoms with Gasteiger partial charge in [-0.2, -0.15) is 0 Å². The third kappa shape index (κ3) is 11.9. The van der Waals surface area contributed by atoms with Crippen LogP contribution in [-0.2, 0) is 39.4 Å². The van der Waals surface area contributed by atoms with Crippen molar-refractivity contribution in [2.75, 3.05) is 39.6 Å². The molecule has 0 atom stereocenters. The summed E-state index contributed by atoms with van der Waals surface area (Å²) in [5.74, 6) is 0. The van der Waals surface area contributed by atoms with Crippen LogP contribution in [0.3, 0.4) is 0 Å². The molecule has 0 radical (unpaired) electrons. The SMILES string of the molecule is CCO[Si](CCCCc1ccc(CCCC[Si](OCC)(OCC)OCC)cc1)(OCC)OCC. The summed E-state index contributed by atoms with van der Waals surface area (Å²) in [5, 5.41) is 0. The van der Waals surface area contributed by atoms with E-state index in [1.54, 1.807) is 0 Å². The van der Waals surface area contributed by atoms with Crippen molar-refractivity contribution in [3.8, 4) is 0 Å². The Morgan fingerprint density at radius 1 is 0.441 bits per heavy atom. The van der Waals surface area contributed by atoms with Gasteiger partial charge >= 0.3 is 17.6 Å². The molecule has 0 aliphatic heterocycles. The van der Waals surface area contributed by atoms with Crippen molar-refractivity contribution in [2.24, 2.45) is 0 Å². The van der Waals surface area contributed by atoms with Crippen LogP contribution >= 0.6 is 0 Å². The topological polar surface area (TPSA) is 55.4 Å². The highest BCUT2D eigenvalue weighted by atomic mass is 28.4. The van der Waals surface area contributed by atoms with Crippen molar-refractivity contribution in [1.29, 1.82) is 0 Å². The van der Waals surface area contributed by atoms with Gasteiger partial charge in [0.15, 0.2) is 0 Å². The number of aryl methyl sites for hydroxylation is 2. The summed E-state index contributed by atoms with van der Waals surface area (Å²) in [7, 11) is -5.03. The summed E-state index contributed by atoms with van der Waals surface area (Å²) in [6, 6.07) is 10.9. The van der Waals surface area contributed by atoms with Gasteiger partial charge in [-0.3, -0.25) is 0 Å². The summed E-state index contributed by atoms with van der Waals surface area (Å²) < 4.78 is 35.8. The number of unbranched alkanes of at least 4 members (excludes halogenated alkanes) is 2. The van der Waals surface area contributed by atoms with Gasteiger partial charge in [0.05, 0.1) is 0 Å². The third-order valence-corrected chi connectivity index (χ3v) is 11.9. The van der Waals surface area contributed by atoms with Gasteiger partial charge in [0, 0.05) is 51.7 Å². The van der Waals surface area contributed by atoms with Crippen LogP contribution in [0.15, 0.2) is 24.3 Å². The van der Waals surface area contributed by atoms with Crippen LogP contribution < -0.4 is 0 Å². The molecule has 0 unspecified atom stereocenters. The number of rotatable bonds is 22. The third-order valence-electron chi connectivity index (χ3n) is 5.61. The van der Waals surface area contributed by atoms with Crippen LogP contribution in [0.25, 0.3) is 0 Å². The standard InChI is InChI=1S/C26H50O6Si2/c1-7-27-33(28-8-2,29-9-3)23-15-13-17-25-19-21-26(22-20-25)18-14-16-24-34(30-10-4,31-11-5)32-12-6/h19-22H,7-18,23-24H2,1-6H3. The first-order valence-corrected chi connectivity index (χ1v) is 17.3. The normalized spacial score (nSPS) is 12.4. The maximum Gasteiger partial charge on any atom is 0.500 e. The van der Waals surface area contributed by atoms with E-state index in [4.69, 9.17) is 26.6 Å². The highest BCUT2D eigenvalue weighted by Crippen LogP contribution is 2.22. The Balaban J connectivity index is 2.43. The van der Waals surface area contributed by atoms with Gasteiger partial charge in [-0.25, -0.2) is 0 Å². The Labute approximate surface area is 211 Å². The second-order valence-electron chi connectivity index (χ2n) is 8.19. The predicted octanol–water partition coefficient (Wildman–Crippen LogP) is 6.43. The van der Waals surface area contributed by atoms with Gasteiger partial charge in [0.1, 0.15) is 0 Å². The molecule has 0 aliphatic carbocycles. The average molecular weight is 515 g/mol. The van der Waals surface area contributed by atoms with Crippen molar-refractivity contribution in [1.82, 2.24) is 0 Å². The molecular weight excluding hydrogens is 464 g/mol. The zero-order valence-corrected chi connectivity index (χ0v) is 24.7. The Bertz CT molecular complexity index is 527. The van der Waals surface area contributed by atoms with Crippen molar-refractivity contribution >= 4 is 17.6 Å². The molecule has 1 aromatic rings. The first kappa shape index (κ1) is 31.4. The fraction of sp³-hybridized carbons (Fsp3) is 0.769. The highest BCUT2D eigenvalue weighted by Gasteiger charge is 2.40. The lowest BCUT2D eigenvalue weighted by molar-refractivity contribution is 0.0699. The second-order valence-corrected chi connectivity index (χ2v) is 13.7. The van der Waals surface area contributed by atoms with Crippen molar-refractivity contribution in [2.45, 2.75) is 92.2 Å². The lowest BCUT2D eigenvalue weighted by atomic mass is 10.0. The fourth-order valence-electron chi connectivity index (χ4n) is 4.22. The molecule has 0 amide bonds. The molecule has 0 saturated carbocycles. The number of benzene rings is 1. The Hall–Kier alpha value is -0.586. The summed E-state index contributed by atoms with van der Waals surface area (Å²) in [5.41, 5.74) is 2.77. The van der Waals surface area contributed by atoms with E-state index in [9.17, 15) is 0 Å². The van der Waals surface area contributed by atoms with Crippen LogP contribution in [0.1, 0.15) is 78.4 Å². The number of hydrogen-bond acceptors (Lipinski definition) is 6. The Morgan fingerprint density at radius 2 is 0.706 bits per heavy atom. The molecule has 6 nitrogen and oxygen atoms in total. The predicted molar refractivity (Wildman–Crippen MR) is 143 cm³/mol. The monoisotopic (exact) mass is 514 g/mol. The summed E-state index contributed by atoms with van der Waals surface area (Å²) in [4.78, 5) is 0. The van der Waals surface area contributed by atoms with E-state index in [1.807, 2.05) is 41.5 Å². The Kier molecular flexibility index (Phi) is 17.2. The molecule has 0 N–H and O–H groups in total. The molecular formula is C26H50O6Si2. The van der Waals surface area contributed by atoms with Crippen LogP contribution in [0.2, 0.25) is 12.1 Å². The quantitative estimate of drug-likeness (QED) is 0.131. The molecule has 1 rings (SSSR count). The van der Waals surface area contributed by atoms with Gasteiger partial charge in [0.2, 0.25) is 0 Å². The van der Waals surface area contributed by atoms with E-state index in [2.05, 4.69) is 24.3 Å². The zero-order chi connectivity index (χ0) is 25.1. The molecule has 0 fully saturated rings. The first-order chi connectivity index (χ1) is 16.5. The lowest BCUT2D eigenvalue weighted by Gasteiger charge is -2.28. The maximum absolute atomic E-state index is 5.96. The zero-order valence-electron chi connectivity index (χ0n) is 22.7. The van der Waals surface area contributed by atoms with Crippen molar-refractivity contribution < 1.29 is 26.6 Å². The van der Waals surface area contributed by atoms with E-state index >= 15 is 0 Å². The highest BCUT2D eigenvalue weighted by molar-refractivity contribution is 6.61. The van der Waals surface area contributed by atoms with Crippen LogP contribution in [0.5, 0.6) is 0 Å². The second kappa shape index (κ2) is 18.7. The molecule has 0 aliphatic rings. The molecule has 0 heterocycles. The number of hydrogen-bond donors (Lipinski definition) is 0. The molecule has 0 spiro atoms. The minimum Gasteiger partial charge on any atom is -0.374 e. The van der Waals surface area contributed by atoms with Crippen LogP contribution in [-0.4, -0.2) is 57.3 Å². The van der Waals surface area contributed by atoms with Crippen molar-refractivity contribution in [3.05, 3.63) is 35.4 Å². The molecule has 34 heavy (non-hydrogen) atoms. The summed E-state index contributed by atoms with van der Waals surface area (Å²) in [6.07, 6.45) is 6.47. The molecule has 0 saturated heterocycles. The molecule has 1 aromatic carbocycles. The molecule has 198 valence electrons. The molecule has 8 heteroatoms. The smallest absolute Gasteiger partial charge is 0.374 e. The average Bonchev–Trinajstić information content (AvgIpc) is 2.82. The largest absolute Gasteiger partial charge is 0.500 e. The Morgan fingerprint density at radius 3 is 0.941 bits per heavy atom. The van der Waals surface area contributed by atoms with Crippen LogP contribution in [0, 0.1) is 0 Å². The van der Waals surface area contributed by atoms with Gasteiger partial charge < -0.3 is 26.6 Å². The van der Waals surface area contributed by atoms with E-state index in [1.165, 1.54) is 11.1 Å². The minimum atomic E-state index is -2.52. The van der Waals surface area contributed by atoms with Crippen molar-refractivity contribution in [3.63, 3.8) is 0 Å². The van der Waals surface area contributed by atoms with Gasteiger partial charge in [0.25, 0.3) is 0 Å².